The summed E-state index contributed by atoms with van der Waals surface area (Å²) in [5.41, 5.74) is -0.740. The zero-order valence-electron chi connectivity index (χ0n) is 9.99. The van der Waals surface area contributed by atoms with Crippen LogP contribution in [0.15, 0.2) is 0 Å². The van der Waals surface area contributed by atoms with Crippen LogP contribution in [0.2, 0.25) is 0 Å². The predicted molar refractivity (Wildman–Crippen MR) is 59.1 cm³/mol. The maximum Gasteiger partial charge on any atom is 0.320 e. The normalized spacial score (nSPS) is 19.8. The number of carbonyl (C=O) groups excluding carboxylic acids is 1. The number of hydrogen-bond donors (Lipinski definition) is 2. The van der Waals surface area contributed by atoms with Crippen molar-refractivity contribution < 1.29 is 19.4 Å². The summed E-state index contributed by atoms with van der Waals surface area (Å²) in [6.45, 7) is 5.32. The molecule has 0 amide bonds. The lowest BCUT2D eigenvalue weighted by molar-refractivity contribution is -0.146. The summed E-state index contributed by atoms with van der Waals surface area (Å²) in [7, 11) is 0. The van der Waals surface area contributed by atoms with Gasteiger partial charge in [-0.2, -0.15) is 0 Å². The highest BCUT2D eigenvalue weighted by Crippen LogP contribution is 2.18. The van der Waals surface area contributed by atoms with Gasteiger partial charge in [-0.25, -0.2) is 0 Å². The molecule has 1 rings (SSSR count). The van der Waals surface area contributed by atoms with E-state index in [9.17, 15) is 9.90 Å². The van der Waals surface area contributed by atoms with E-state index < -0.39 is 5.60 Å². The fraction of sp³-hybridized carbons (Fsp3) is 0.909. The van der Waals surface area contributed by atoms with Crippen LogP contribution in [0.1, 0.15) is 26.7 Å². The molecule has 0 aromatic rings. The molecule has 0 aromatic carbocycles. The molecule has 1 aliphatic rings. The number of hydrogen-bond acceptors (Lipinski definition) is 5. The molecule has 1 aliphatic heterocycles. The van der Waals surface area contributed by atoms with Gasteiger partial charge in [-0.1, -0.05) is 0 Å². The van der Waals surface area contributed by atoms with E-state index in [1.165, 1.54) is 0 Å². The third-order valence-electron chi connectivity index (χ3n) is 2.51. The summed E-state index contributed by atoms with van der Waals surface area (Å²) >= 11 is 0. The molecule has 5 nitrogen and oxygen atoms in total. The minimum Gasteiger partial charge on any atom is -0.462 e. The van der Waals surface area contributed by atoms with Gasteiger partial charge in [0.15, 0.2) is 0 Å². The van der Waals surface area contributed by atoms with E-state index in [4.69, 9.17) is 9.47 Å². The van der Waals surface area contributed by atoms with E-state index in [-0.39, 0.29) is 18.6 Å². The topological polar surface area (TPSA) is 67.8 Å². The number of esters is 1. The Hall–Kier alpha value is -0.650. The quantitative estimate of drug-likeness (QED) is 0.655. The van der Waals surface area contributed by atoms with Crippen molar-refractivity contribution in [2.75, 3.05) is 26.3 Å². The summed E-state index contributed by atoms with van der Waals surface area (Å²) in [6, 6.07) is 0. The Morgan fingerprint density at radius 3 is 2.69 bits per heavy atom. The zero-order valence-corrected chi connectivity index (χ0v) is 9.99. The van der Waals surface area contributed by atoms with Gasteiger partial charge in [-0.05, 0) is 13.8 Å². The zero-order chi connectivity index (χ0) is 12.0. The van der Waals surface area contributed by atoms with E-state index in [1.54, 1.807) is 0 Å². The molecular weight excluding hydrogens is 210 g/mol. The minimum atomic E-state index is -0.740. The third-order valence-corrected chi connectivity index (χ3v) is 2.51. The van der Waals surface area contributed by atoms with Crippen molar-refractivity contribution in [3.8, 4) is 0 Å². The van der Waals surface area contributed by atoms with Gasteiger partial charge in [0, 0.05) is 32.6 Å². The largest absolute Gasteiger partial charge is 0.462 e. The first-order valence-electron chi connectivity index (χ1n) is 5.72. The van der Waals surface area contributed by atoms with Crippen molar-refractivity contribution in [3.63, 3.8) is 0 Å². The minimum absolute atomic E-state index is 0.0968. The highest BCUT2D eigenvalue weighted by Gasteiger charge is 2.29. The van der Waals surface area contributed by atoms with Gasteiger partial charge in [0.2, 0.25) is 0 Å². The molecular formula is C11H21NO4. The Labute approximate surface area is 96.1 Å². The first-order valence-corrected chi connectivity index (χ1v) is 5.72. The smallest absolute Gasteiger partial charge is 0.320 e. The second-order valence-corrected chi connectivity index (χ2v) is 4.48. The second kappa shape index (κ2) is 6.18. The molecule has 1 heterocycles. The van der Waals surface area contributed by atoms with Crippen molar-refractivity contribution in [1.29, 1.82) is 0 Å². The van der Waals surface area contributed by atoms with Crippen molar-refractivity contribution in [1.82, 2.24) is 5.32 Å². The Balaban J connectivity index is 2.16. The predicted octanol–water partition coefficient (Wildman–Crippen LogP) is 0.0691. The van der Waals surface area contributed by atoms with Crippen LogP contribution in [0.4, 0.5) is 0 Å². The summed E-state index contributed by atoms with van der Waals surface area (Å²) < 4.78 is 10.1. The molecule has 0 unspecified atom stereocenters. The molecule has 0 radical (unpaired) electrons. The van der Waals surface area contributed by atoms with Crippen molar-refractivity contribution >= 4 is 5.97 Å². The van der Waals surface area contributed by atoms with Gasteiger partial charge >= 0.3 is 5.97 Å². The van der Waals surface area contributed by atoms with E-state index >= 15 is 0 Å². The first kappa shape index (κ1) is 13.4. The highest BCUT2D eigenvalue weighted by atomic mass is 16.5. The Kier molecular flexibility index (Phi) is 5.18. The Morgan fingerprint density at radius 1 is 1.50 bits per heavy atom. The van der Waals surface area contributed by atoms with E-state index in [1.807, 2.05) is 13.8 Å². The van der Waals surface area contributed by atoms with Crippen LogP contribution in [-0.4, -0.2) is 49.1 Å². The Morgan fingerprint density at radius 2 is 2.12 bits per heavy atom. The number of nitrogens with one attached hydrogen (secondary N) is 1. The van der Waals surface area contributed by atoms with Gasteiger partial charge in [0.05, 0.1) is 18.2 Å². The summed E-state index contributed by atoms with van der Waals surface area (Å²) in [4.78, 5) is 11.2. The van der Waals surface area contributed by atoms with Gasteiger partial charge in [0.25, 0.3) is 0 Å². The van der Waals surface area contributed by atoms with Gasteiger partial charge in [-0.3, -0.25) is 4.79 Å². The van der Waals surface area contributed by atoms with E-state index in [0.29, 0.717) is 32.6 Å². The highest BCUT2D eigenvalue weighted by molar-refractivity contribution is 5.71. The fourth-order valence-electron chi connectivity index (χ4n) is 1.63. The molecule has 16 heavy (non-hydrogen) atoms. The third kappa shape index (κ3) is 4.92. The SMILES string of the molecule is CC(C)OC(=O)CNCC1(O)CCOCC1. The van der Waals surface area contributed by atoms with Crippen molar-refractivity contribution in [2.24, 2.45) is 0 Å². The van der Waals surface area contributed by atoms with E-state index in [0.717, 1.165) is 0 Å². The molecule has 0 aliphatic carbocycles. The molecule has 2 N–H and O–H groups in total. The van der Waals surface area contributed by atoms with Crippen molar-refractivity contribution in [3.05, 3.63) is 0 Å². The van der Waals surface area contributed by atoms with E-state index in [2.05, 4.69) is 5.32 Å². The molecule has 0 aromatic heterocycles. The summed E-state index contributed by atoms with van der Waals surface area (Å²) in [6.07, 6.45) is 1.12. The molecule has 5 heteroatoms. The molecule has 0 bridgehead atoms. The molecule has 94 valence electrons. The monoisotopic (exact) mass is 231 g/mol. The van der Waals surface area contributed by atoms with Crippen LogP contribution in [-0.2, 0) is 14.3 Å². The molecule has 1 saturated heterocycles. The number of rotatable bonds is 5. The maximum absolute atomic E-state index is 11.2. The molecule has 0 spiro atoms. The second-order valence-electron chi connectivity index (χ2n) is 4.48. The molecule has 0 saturated carbocycles. The van der Waals surface area contributed by atoms with Crippen LogP contribution in [0, 0.1) is 0 Å². The van der Waals surface area contributed by atoms with Crippen LogP contribution in [0.25, 0.3) is 0 Å². The van der Waals surface area contributed by atoms with Crippen LogP contribution in [0.3, 0.4) is 0 Å². The first-order chi connectivity index (χ1) is 7.52. The van der Waals surface area contributed by atoms with Gasteiger partial charge < -0.3 is 19.9 Å². The summed E-state index contributed by atoms with van der Waals surface area (Å²) in [5.74, 6) is -0.286. The van der Waals surface area contributed by atoms with Crippen LogP contribution >= 0.6 is 0 Å². The average Bonchev–Trinajstić information content (AvgIpc) is 2.17. The maximum atomic E-state index is 11.2. The molecule has 0 atom stereocenters. The summed E-state index contributed by atoms with van der Waals surface area (Å²) in [5, 5.41) is 13.0. The lowest BCUT2D eigenvalue weighted by Crippen LogP contribution is -2.46. The number of ether oxygens (including phenoxy) is 2. The molecule has 1 fully saturated rings. The lowest BCUT2D eigenvalue weighted by Gasteiger charge is -2.32. The fourth-order valence-corrected chi connectivity index (χ4v) is 1.63. The van der Waals surface area contributed by atoms with Gasteiger partial charge in [-0.15, -0.1) is 0 Å². The lowest BCUT2D eigenvalue weighted by atomic mass is 9.94. The number of aliphatic hydroxyl groups is 1. The van der Waals surface area contributed by atoms with Crippen LogP contribution in [0.5, 0.6) is 0 Å². The number of carbonyl (C=O) groups is 1. The van der Waals surface area contributed by atoms with Gasteiger partial charge in [0.1, 0.15) is 0 Å². The standard InChI is InChI=1S/C11H21NO4/c1-9(2)16-10(13)7-12-8-11(14)3-5-15-6-4-11/h9,12,14H,3-8H2,1-2H3. The van der Waals surface area contributed by atoms with Crippen molar-refractivity contribution in [2.45, 2.75) is 38.4 Å². The van der Waals surface area contributed by atoms with Crippen LogP contribution < -0.4 is 5.32 Å². The average molecular weight is 231 g/mol. The Bertz CT molecular complexity index is 224.